The lowest BCUT2D eigenvalue weighted by molar-refractivity contribution is 0.102. The Hall–Kier alpha value is -3.68. The van der Waals surface area contributed by atoms with E-state index in [1.165, 1.54) is 14.2 Å². The van der Waals surface area contributed by atoms with Gasteiger partial charge in [-0.3, -0.25) is 9.78 Å². The van der Waals surface area contributed by atoms with Crippen LogP contribution in [-0.2, 0) is 6.54 Å². The average molecular weight is 365 g/mol. The predicted molar refractivity (Wildman–Crippen MR) is 101 cm³/mol. The van der Waals surface area contributed by atoms with Crippen molar-refractivity contribution in [3.63, 3.8) is 0 Å². The van der Waals surface area contributed by atoms with Crippen molar-refractivity contribution in [2.24, 2.45) is 0 Å². The first-order valence-electron chi connectivity index (χ1n) is 8.19. The molecule has 8 nitrogen and oxygen atoms in total. The van der Waals surface area contributed by atoms with E-state index in [1.807, 2.05) is 12.1 Å². The predicted octanol–water partition coefficient (Wildman–Crippen LogP) is 2.75. The topological polar surface area (TPSA) is 98.3 Å². The fraction of sp³-hybridized carbons (Fsp3) is 0.158. The van der Waals surface area contributed by atoms with Crippen molar-refractivity contribution in [3.05, 3.63) is 66.0 Å². The molecule has 0 atom stereocenters. The van der Waals surface area contributed by atoms with Gasteiger partial charge < -0.3 is 20.1 Å². The Bertz CT molecular complexity index is 901. The van der Waals surface area contributed by atoms with Gasteiger partial charge in [0.15, 0.2) is 17.3 Å². The van der Waals surface area contributed by atoms with Gasteiger partial charge in [-0.1, -0.05) is 6.07 Å². The Morgan fingerprint density at radius 2 is 1.78 bits per heavy atom. The van der Waals surface area contributed by atoms with E-state index in [-0.39, 0.29) is 5.91 Å². The maximum Gasteiger partial charge on any atom is 0.257 e. The summed E-state index contributed by atoms with van der Waals surface area (Å²) in [5.74, 6) is 1.66. The van der Waals surface area contributed by atoms with Gasteiger partial charge in [-0.05, 0) is 42.0 Å². The number of carbonyl (C=O) groups is 1. The first kappa shape index (κ1) is 18.1. The molecule has 8 heteroatoms. The molecular formula is C19H19N5O3. The molecule has 2 N–H and O–H groups in total. The van der Waals surface area contributed by atoms with Crippen LogP contribution in [0.4, 0.5) is 11.6 Å². The number of ether oxygens (including phenoxy) is 2. The van der Waals surface area contributed by atoms with E-state index in [4.69, 9.17) is 9.47 Å². The molecule has 0 bridgehead atoms. The molecular weight excluding hydrogens is 346 g/mol. The lowest BCUT2D eigenvalue weighted by atomic mass is 10.2. The van der Waals surface area contributed by atoms with Gasteiger partial charge >= 0.3 is 0 Å². The molecule has 0 fully saturated rings. The number of nitrogens with zero attached hydrogens (tertiary/aromatic N) is 3. The largest absolute Gasteiger partial charge is 0.493 e. The summed E-state index contributed by atoms with van der Waals surface area (Å²) in [4.78, 5) is 16.4. The van der Waals surface area contributed by atoms with Gasteiger partial charge in [0.1, 0.15) is 5.82 Å². The SMILES string of the molecule is COc1ccc(C(=O)Nc2ccc(NCc3cccnc3)nn2)cc1OC. The summed E-state index contributed by atoms with van der Waals surface area (Å²) >= 11 is 0. The summed E-state index contributed by atoms with van der Waals surface area (Å²) in [6.07, 6.45) is 3.50. The van der Waals surface area contributed by atoms with Crippen molar-refractivity contribution < 1.29 is 14.3 Å². The number of rotatable bonds is 7. The van der Waals surface area contributed by atoms with Crippen molar-refractivity contribution >= 4 is 17.5 Å². The third-order valence-corrected chi connectivity index (χ3v) is 3.75. The third kappa shape index (κ3) is 4.69. The Kier molecular flexibility index (Phi) is 5.78. The molecule has 2 heterocycles. The van der Waals surface area contributed by atoms with Crippen molar-refractivity contribution in [2.75, 3.05) is 24.9 Å². The number of hydrogen-bond donors (Lipinski definition) is 2. The van der Waals surface area contributed by atoms with Gasteiger partial charge in [0.2, 0.25) is 0 Å². The number of amides is 1. The van der Waals surface area contributed by atoms with Crippen LogP contribution < -0.4 is 20.1 Å². The second-order valence-electron chi connectivity index (χ2n) is 5.54. The number of hydrogen-bond acceptors (Lipinski definition) is 7. The van der Waals surface area contributed by atoms with Crippen LogP contribution in [-0.4, -0.2) is 35.3 Å². The van der Waals surface area contributed by atoms with Crippen LogP contribution in [0.3, 0.4) is 0 Å². The van der Waals surface area contributed by atoms with Crippen molar-refractivity contribution in [1.29, 1.82) is 0 Å². The van der Waals surface area contributed by atoms with Crippen LogP contribution in [0, 0.1) is 0 Å². The minimum absolute atomic E-state index is 0.318. The van der Waals surface area contributed by atoms with E-state index < -0.39 is 0 Å². The summed E-state index contributed by atoms with van der Waals surface area (Å²) in [5.41, 5.74) is 1.46. The van der Waals surface area contributed by atoms with E-state index in [9.17, 15) is 4.79 Å². The molecule has 0 aliphatic rings. The molecule has 0 saturated carbocycles. The zero-order valence-corrected chi connectivity index (χ0v) is 15.0. The minimum Gasteiger partial charge on any atom is -0.493 e. The van der Waals surface area contributed by atoms with E-state index >= 15 is 0 Å². The molecule has 0 spiro atoms. The quantitative estimate of drug-likeness (QED) is 0.664. The summed E-state index contributed by atoms with van der Waals surface area (Å²) in [6.45, 7) is 0.583. The van der Waals surface area contributed by atoms with Crippen LogP contribution in [0.2, 0.25) is 0 Å². The highest BCUT2D eigenvalue weighted by molar-refractivity contribution is 6.04. The summed E-state index contributed by atoms with van der Waals surface area (Å²) in [5, 5.41) is 13.9. The summed E-state index contributed by atoms with van der Waals surface area (Å²) < 4.78 is 10.4. The first-order valence-corrected chi connectivity index (χ1v) is 8.19. The summed E-state index contributed by atoms with van der Waals surface area (Å²) in [7, 11) is 3.05. The van der Waals surface area contributed by atoms with E-state index in [0.29, 0.717) is 35.2 Å². The fourth-order valence-corrected chi connectivity index (χ4v) is 2.35. The summed E-state index contributed by atoms with van der Waals surface area (Å²) in [6, 6.07) is 12.2. The van der Waals surface area contributed by atoms with Crippen LogP contribution in [0.25, 0.3) is 0 Å². The lowest BCUT2D eigenvalue weighted by Crippen LogP contribution is -2.14. The van der Waals surface area contributed by atoms with Crippen molar-refractivity contribution in [2.45, 2.75) is 6.54 Å². The molecule has 3 aromatic rings. The molecule has 0 saturated heterocycles. The minimum atomic E-state index is -0.318. The van der Waals surface area contributed by atoms with Crippen LogP contribution in [0.1, 0.15) is 15.9 Å². The number of anilines is 2. The maximum absolute atomic E-state index is 12.4. The number of aromatic nitrogens is 3. The zero-order valence-electron chi connectivity index (χ0n) is 15.0. The Morgan fingerprint density at radius 3 is 2.44 bits per heavy atom. The average Bonchev–Trinajstić information content (AvgIpc) is 2.73. The third-order valence-electron chi connectivity index (χ3n) is 3.75. The van der Waals surface area contributed by atoms with Crippen molar-refractivity contribution in [1.82, 2.24) is 15.2 Å². The highest BCUT2D eigenvalue weighted by Crippen LogP contribution is 2.27. The smallest absolute Gasteiger partial charge is 0.257 e. The molecule has 138 valence electrons. The number of nitrogens with one attached hydrogen (secondary N) is 2. The molecule has 1 aromatic carbocycles. The van der Waals surface area contributed by atoms with Gasteiger partial charge in [0.05, 0.1) is 14.2 Å². The van der Waals surface area contributed by atoms with E-state index in [1.54, 1.807) is 42.7 Å². The van der Waals surface area contributed by atoms with Crippen LogP contribution in [0.15, 0.2) is 54.9 Å². The van der Waals surface area contributed by atoms with E-state index in [2.05, 4.69) is 25.8 Å². The van der Waals surface area contributed by atoms with Gasteiger partial charge in [-0.25, -0.2) is 0 Å². The lowest BCUT2D eigenvalue weighted by Gasteiger charge is -2.10. The van der Waals surface area contributed by atoms with Crippen LogP contribution in [0.5, 0.6) is 11.5 Å². The number of methoxy groups -OCH3 is 2. The molecule has 0 radical (unpaired) electrons. The number of pyridine rings is 1. The number of carbonyl (C=O) groups excluding carboxylic acids is 1. The van der Waals surface area contributed by atoms with Crippen LogP contribution >= 0.6 is 0 Å². The molecule has 0 unspecified atom stereocenters. The maximum atomic E-state index is 12.4. The fourth-order valence-electron chi connectivity index (χ4n) is 2.35. The van der Waals surface area contributed by atoms with Gasteiger partial charge in [0.25, 0.3) is 5.91 Å². The molecule has 3 rings (SSSR count). The normalized spacial score (nSPS) is 10.1. The molecule has 27 heavy (non-hydrogen) atoms. The Balaban J connectivity index is 1.61. The standard InChI is InChI=1S/C19H19N5O3/c1-26-15-6-5-14(10-16(15)27-2)19(25)22-18-8-7-17(23-24-18)21-12-13-4-3-9-20-11-13/h3-11H,12H2,1-2H3,(H,21,23)(H,22,24,25). The molecule has 0 aliphatic carbocycles. The molecule has 2 aromatic heterocycles. The first-order chi connectivity index (χ1) is 13.2. The zero-order chi connectivity index (χ0) is 19.1. The molecule has 0 aliphatic heterocycles. The van der Waals surface area contributed by atoms with E-state index in [0.717, 1.165) is 5.56 Å². The van der Waals surface area contributed by atoms with Gasteiger partial charge in [-0.2, -0.15) is 0 Å². The Labute approximate surface area is 156 Å². The number of benzene rings is 1. The van der Waals surface area contributed by atoms with Gasteiger partial charge in [-0.15, -0.1) is 10.2 Å². The second-order valence-corrected chi connectivity index (χ2v) is 5.54. The highest BCUT2D eigenvalue weighted by atomic mass is 16.5. The monoisotopic (exact) mass is 365 g/mol. The van der Waals surface area contributed by atoms with Gasteiger partial charge in [0, 0.05) is 24.5 Å². The Morgan fingerprint density at radius 1 is 1.00 bits per heavy atom. The second kappa shape index (κ2) is 8.61. The highest BCUT2D eigenvalue weighted by Gasteiger charge is 2.11. The molecule has 1 amide bonds. The van der Waals surface area contributed by atoms with Crippen molar-refractivity contribution in [3.8, 4) is 11.5 Å².